The summed E-state index contributed by atoms with van der Waals surface area (Å²) in [6, 6.07) is 4.34. The molecule has 0 aliphatic heterocycles. The minimum Gasteiger partial charge on any atom is -0.478 e. The SMILES string of the molecule is CCCCN(CCCC)S(=O)(=O)c1ccc(SC)c(C(=O)O)c1. The van der Waals surface area contributed by atoms with Crippen molar-refractivity contribution in [3.8, 4) is 0 Å². The molecule has 0 unspecified atom stereocenters. The van der Waals surface area contributed by atoms with Gasteiger partial charge in [-0.2, -0.15) is 4.31 Å². The summed E-state index contributed by atoms with van der Waals surface area (Å²) < 4.78 is 27.2. The lowest BCUT2D eigenvalue weighted by Crippen LogP contribution is -2.33. The summed E-state index contributed by atoms with van der Waals surface area (Å²) >= 11 is 1.29. The number of sulfonamides is 1. The normalized spacial score (nSPS) is 11.8. The Morgan fingerprint density at radius 3 is 2.17 bits per heavy atom. The van der Waals surface area contributed by atoms with Gasteiger partial charge in [0.25, 0.3) is 0 Å². The number of unbranched alkanes of at least 4 members (excludes halogenated alkanes) is 2. The van der Waals surface area contributed by atoms with E-state index >= 15 is 0 Å². The van der Waals surface area contributed by atoms with Crippen LogP contribution in [-0.2, 0) is 10.0 Å². The fourth-order valence-electron chi connectivity index (χ4n) is 2.18. The van der Waals surface area contributed by atoms with E-state index < -0.39 is 16.0 Å². The van der Waals surface area contributed by atoms with Crippen LogP contribution in [0.1, 0.15) is 49.9 Å². The molecule has 5 nitrogen and oxygen atoms in total. The highest BCUT2D eigenvalue weighted by molar-refractivity contribution is 7.98. The second kappa shape index (κ2) is 9.30. The lowest BCUT2D eigenvalue weighted by molar-refractivity contribution is 0.0693. The van der Waals surface area contributed by atoms with Crippen LogP contribution in [0.4, 0.5) is 0 Å². The van der Waals surface area contributed by atoms with Gasteiger partial charge >= 0.3 is 5.97 Å². The molecule has 0 radical (unpaired) electrons. The molecule has 0 fully saturated rings. The van der Waals surface area contributed by atoms with Gasteiger partial charge in [0.05, 0.1) is 10.5 Å². The maximum atomic E-state index is 12.8. The van der Waals surface area contributed by atoms with Crippen LogP contribution in [0.25, 0.3) is 0 Å². The predicted octanol–water partition coefficient (Wildman–Crippen LogP) is 3.70. The van der Waals surface area contributed by atoms with Gasteiger partial charge in [-0.25, -0.2) is 13.2 Å². The lowest BCUT2D eigenvalue weighted by Gasteiger charge is -2.22. The van der Waals surface area contributed by atoms with Crippen molar-refractivity contribution in [2.75, 3.05) is 19.3 Å². The Hall–Kier alpha value is -1.05. The molecule has 23 heavy (non-hydrogen) atoms. The van der Waals surface area contributed by atoms with Crippen molar-refractivity contribution in [2.45, 2.75) is 49.3 Å². The first-order chi connectivity index (χ1) is 10.9. The highest BCUT2D eigenvalue weighted by Gasteiger charge is 2.25. The standard InChI is InChI=1S/C16H25NO4S2/c1-4-6-10-17(11-7-5-2)23(20,21)13-8-9-15(22-3)14(12-13)16(18)19/h8-9,12H,4-7,10-11H2,1-3H3,(H,18,19). The molecule has 0 aromatic heterocycles. The average molecular weight is 360 g/mol. The zero-order chi connectivity index (χ0) is 17.5. The van der Waals surface area contributed by atoms with E-state index in [4.69, 9.17) is 0 Å². The fraction of sp³-hybridized carbons (Fsp3) is 0.562. The number of rotatable bonds is 10. The molecule has 0 aliphatic rings. The number of hydrogen-bond donors (Lipinski definition) is 1. The van der Waals surface area contributed by atoms with Crippen molar-refractivity contribution in [2.24, 2.45) is 0 Å². The van der Waals surface area contributed by atoms with E-state index in [1.54, 1.807) is 12.3 Å². The van der Waals surface area contributed by atoms with Crippen LogP contribution in [0, 0.1) is 0 Å². The highest BCUT2D eigenvalue weighted by Crippen LogP contribution is 2.26. The second-order valence-electron chi connectivity index (χ2n) is 5.28. The molecular weight excluding hydrogens is 334 g/mol. The van der Waals surface area contributed by atoms with E-state index in [2.05, 4.69) is 0 Å². The number of hydrogen-bond acceptors (Lipinski definition) is 4. The molecule has 0 atom stereocenters. The maximum absolute atomic E-state index is 12.8. The predicted molar refractivity (Wildman–Crippen MR) is 93.8 cm³/mol. The number of nitrogens with zero attached hydrogens (tertiary/aromatic N) is 1. The van der Waals surface area contributed by atoms with Gasteiger partial charge < -0.3 is 5.11 Å². The van der Waals surface area contributed by atoms with E-state index in [9.17, 15) is 18.3 Å². The Labute approximate surface area is 143 Å². The summed E-state index contributed by atoms with van der Waals surface area (Å²) in [7, 11) is -3.67. The van der Waals surface area contributed by atoms with Gasteiger partial charge in [0.1, 0.15) is 0 Å². The van der Waals surface area contributed by atoms with Crippen LogP contribution < -0.4 is 0 Å². The molecule has 130 valence electrons. The zero-order valence-corrected chi connectivity index (χ0v) is 15.5. The van der Waals surface area contributed by atoms with E-state index in [1.165, 1.54) is 28.2 Å². The van der Waals surface area contributed by atoms with Crippen molar-refractivity contribution >= 4 is 27.8 Å². The Morgan fingerprint density at radius 1 is 1.17 bits per heavy atom. The first-order valence-electron chi connectivity index (χ1n) is 7.79. The van der Waals surface area contributed by atoms with E-state index in [0.717, 1.165) is 25.7 Å². The Kier molecular flexibility index (Phi) is 8.08. The van der Waals surface area contributed by atoms with E-state index in [-0.39, 0.29) is 10.5 Å². The Morgan fingerprint density at radius 2 is 1.74 bits per heavy atom. The van der Waals surface area contributed by atoms with E-state index in [0.29, 0.717) is 18.0 Å². The molecule has 0 aliphatic carbocycles. The number of thioether (sulfide) groups is 1. The summed E-state index contributed by atoms with van der Waals surface area (Å²) in [5.41, 5.74) is 0.0320. The number of carbonyl (C=O) groups is 1. The molecule has 0 spiro atoms. The van der Waals surface area contributed by atoms with Crippen LogP contribution in [0.5, 0.6) is 0 Å². The molecule has 1 rings (SSSR count). The molecule has 0 saturated carbocycles. The van der Waals surface area contributed by atoms with Crippen molar-refractivity contribution in [3.05, 3.63) is 23.8 Å². The third-order valence-corrected chi connectivity index (χ3v) is 6.25. The van der Waals surface area contributed by atoms with Gasteiger partial charge in [-0.1, -0.05) is 26.7 Å². The third kappa shape index (κ3) is 5.22. The van der Waals surface area contributed by atoms with Gasteiger partial charge in [-0.05, 0) is 37.3 Å². The van der Waals surface area contributed by atoms with Crippen molar-refractivity contribution in [3.63, 3.8) is 0 Å². The van der Waals surface area contributed by atoms with Crippen LogP contribution in [0.2, 0.25) is 0 Å². The molecule has 1 aromatic rings. The molecule has 1 aromatic carbocycles. The van der Waals surface area contributed by atoms with Gasteiger partial charge in [-0.3, -0.25) is 0 Å². The first kappa shape index (κ1) is 20.0. The van der Waals surface area contributed by atoms with Crippen LogP contribution in [0.3, 0.4) is 0 Å². The topological polar surface area (TPSA) is 74.7 Å². The zero-order valence-electron chi connectivity index (χ0n) is 13.9. The van der Waals surface area contributed by atoms with Crippen molar-refractivity contribution in [1.29, 1.82) is 0 Å². The first-order valence-corrected chi connectivity index (χ1v) is 10.5. The molecule has 0 saturated heterocycles. The second-order valence-corrected chi connectivity index (χ2v) is 8.06. The monoisotopic (exact) mass is 359 g/mol. The van der Waals surface area contributed by atoms with Crippen molar-refractivity contribution < 1.29 is 18.3 Å². The largest absolute Gasteiger partial charge is 0.478 e. The third-order valence-electron chi connectivity index (χ3n) is 3.56. The van der Waals surface area contributed by atoms with Crippen molar-refractivity contribution in [1.82, 2.24) is 4.31 Å². The molecular formula is C16H25NO4S2. The Balaban J connectivity index is 3.22. The number of benzene rings is 1. The summed E-state index contributed by atoms with van der Waals surface area (Å²) in [6.07, 6.45) is 5.16. The quantitative estimate of drug-likeness (QED) is 0.645. The van der Waals surface area contributed by atoms with Gasteiger partial charge in [0.2, 0.25) is 10.0 Å². The number of carboxylic acid groups (broad SMARTS) is 1. The molecule has 7 heteroatoms. The van der Waals surface area contributed by atoms with Gasteiger partial charge in [-0.15, -0.1) is 11.8 Å². The summed E-state index contributed by atoms with van der Waals surface area (Å²) in [4.78, 5) is 12.0. The summed E-state index contributed by atoms with van der Waals surface area (Å²) in [6.45, 7) is 4.96. The summed E-state index contributed by atoms with van der Waals surface area (Å²) in [5, 5.41) is 9.29. The molecule has 0 amide bonds. The number of aromatic carboxylic acids is 1. The van der Waals surface area contributed by atoms with Crippen LogP contribution in [0.15, 0.2) is 28.0 Å². The highest BCUT2D eigenvalue weighted by atomic mass is 32.2. The fourth-order valence-corrected chi connectivity index (χ4v) is 4.30. The maximum Gasteiger partial charge on any atom is 0.336 e. The smallest absolute Gasteiger partial charge is 0.336 e. The Bertz CT molecular complexity index is 621. The molecule has 0 heterocycles. The summed E-state index contributed by atoms with van der Waals surface area (Å²) in [5.74, 6) is -1.11. The number of carboxylic acids is 1. The van der Waals surface area contributed by atoms with Crippen LogP contribution >= 0.6 is 11.8 Å². The minimum absolute atomic E-state index is 0.0320. The average Bonchev–Trinajstić information content (AvgIpc) is 2.53. The van der Waals surface area contributed by atoms with Gasteiger partial charge in [0.15, 0.2) is 0 Å². The van der Waals surface area contributed by atoms with Gasteiger partial charge in [0, 0.05) is 18.0 Å². The minimum atomic E-state index is -3.67. The van der Waals surface area contributed by atoms with E-state index in [1.807, 2.05) is 13.8 Å². The van der Waals surface area contributed by atoms with Crippen LogP contribution in [-0.4, -0.2) is 43.1 Å². The molecule has 0 bridgehead atoms. The lowest BCUT2D eigenvalue weighted by atomic mass is 10.2. The molecule has 1 N–H and O–H groups in total.